The Morgan fingerprint density at radius 2 is 1.43 bits per heavy atom. The van der Waals surface area contributed by atoms with Crippen molar-refractivity contribution < 1.29 is 13.9 Å². The van der Waals surface area contributed by atoms with Gasteiger partial charge in [0, 0.05) is 6.07 Å². The molecule has 0 fully saturated rings. The quantitative estimate of drug-likeness (QED) is 0.576. The molecule has 0 heterocycles. The van der Waals surface area contributed by atoms with Crippen molar-refractivity contribution in [1.29, 1.82) is 0 Å². The second kappa shape index (κ2) is 8.88. The van der Waals surface area contributed by atoms with Crippen molar-refractivity contribution in [2.24, 2.45) is 10.2 Å². The molecule has 0 bridgehead atoms. The number of ether oxygens (including phenoxy) is 2. The van der Waals surface area contributed by atoms with Gasteiger partial charge in [0.1, 0.15) is 28.7 Å². The minimum atomic E-state index is -0.377. The van der Waals surface area contributed by atoms with Crippen LogP contribution >= 0.6 is 0 Å². The molecule has 0 saturated heterocycles. The maximum Gasteiger partial charge on any atom is 0.147 e. The van der Waals surface area contributed by atoms with Gasteiger partial charge in [0.05, 0.1) is 13.2 Å². The number of azo groups is 1. The summed E-state index contributed by atoms with van der Waals surface area (Å²) in [6.45, 7) is 5.20. The summed E-state index contributed by atoms with van der Waals surface area (Å²) < 4.78 is 24.7. The summed E-state index contributed by atoms with van der Waals surface area (Å²) in [5.41, 5.74) is 0.968. The number of halogens is 1. The molecule has 0 spiro atoms. The summed E-state index contributed by atoms with van der Waals surface area (Å²) in [7, 11) is 0. The van der Waals surface area contributed by atoms with Crippen LogP contribution < -0.4 is 9.47 Å². The zero-order valence-electron chi connectivity index (χ0n) is 13.5. The molecule has 0 amide bonds. The lowest BCUT2D eigenvalue weighted by Gasteiger charge is -2.08. The molecule has 0 N–H and O–H groups in total. The fraction of sp³-hybridized carbons (Fsp3) is 0.333. The molecule has 2 aromatic rings. The first-order chi connectivity index (χ1) is 11.2. The maximum absolute atomic E-state index is 13.5. The van der Waals surface area contributed by atoms with E-state index >= 15 is 0 Å². The summed E-state index contributed by atoms with van der Waals surface area (Å²) in [5.74, 6) is 0.799. The lowest BCUT2D eigenvalue weighted by atomic mass is 10.3. The third kappa shape index (κ3) is 5.06. The third-order valence-electron chi connectivity index (χ3n) is 2.98. The lowest BCUT2D eigenvalue weighted by Crippen LogP contribution is -1.95. The Balaban J connectivity index is 2.24. The first-order valence-corrected chi connectivity index (χ1v) is 7.80. The molecule has 0 atom stereocenters. The Morgan fingerprint density at radius 1 is 0.826 bits per heavy atom. The van der Waals surface area contributed by atoms with E-state index in [4.69, 9.17) is 9.47 Å². The van der Waals surface area contributed by atoms with Crippen LogP contribution in [0.3, 0.4) is 0 Å². The van der Waals surface area contributed by atoms with E-state index in [0.717, 1.165) is 12.8 Å². The number of hydrogen-bond acceptors (Lipinski definition) is 4. The van der Waals surface area contributed by atoms with Crippen LogP contribution in [0.25, 0.3) is 0 Å². The van der Waals surface area contributed by atoms with Crippen LogP contribution in [0.5, 0.6) is 11.5 Å². The van der Waals surface area contributed by atoms with Crippen LogP contribution in [0.4, 0.5) is 15.8 Å². The van der Waals surface area contributed by atoms with Crippen molar-refractivity contribution in [1.82, 2.24) is 0 Å². The minimum Gasteiger partial charge on any atom is -0.491 e. The van der Waals surface area contributed by atoms with Gasteiger partial charge >= 0.3 is 0 Å². The second-order valence-electron chi connectivity index (χ2n) is 4.98. The van der Waals surface area contributed by atoms with Crippen LogP contribution in [-0.2, 0) is 0 Å². The normalized spacial score (nSPS) is 10.9. The minimum absolute atomic E-state index is 0.365. The molecule has 0 aliphatic rings. The largest absolute Gasteiger partial charge is 0.491 e. The number of nitrogens with zero attached hydrogens (tertiary/aromatic N) is 2. The smallest absolute Gasteiger partial charge is 0.147 e. The van der Waals surface area contributed by atoms with Gasteiger partial charge in [-0.3, -0.25) is 0 Å². The Hall–Kier alpha value is -2.43. The van der Waals surface area contributed by atoms with Gasteiger partial charge in [-0.2, -0.15) is 0 Å². The Labute approximate surface area is 136 Å². The zero-order chi connectivity index (χ0) is 16.5. The summed E-state index contributed by atoms with van der Waals surface area (Å²) in [6.07, 6.45) is 1.77. The lowest BCUT2D eigenvalue weighted by molar-refractivity contribution is 0.317. The van der Waals surface area contributed by atoms with Crippen LogP contribution in [0.2, 0.25) is 0 Å². The van der Waals surface area contributed by atoms with E-state index in [2.05, 4.69) is 10.2 Å². The van der Waals surface area contributed by atoms with Crippen molar-refractivity contribution in [3.63, 3.8) is 0 Å². The SMILES string of the molecule is CCCOc1ccccc1N=Nc1cc(F)ccc1OCCC. The molecule has 0 aromatic heterocycles. The number of hydrogen-bond donors (Lipinski definition) is 0. The molecule has 5 heteroatoms. The van der Waals surface area contributed by atoms with Crippen molar-refractivity contribution in [3.8, 4) is 11.5 Å². The molecule has 2 aromatic carbocycles. The van der Waals surface area contributed by atoms with Crippen molar-refractivity contribution in [2.45, 2.75) is 26.7 Å². The molecular weight excluding hydrogens is 295 g/mol. The van der Waals surface area contributed by atoms with Crippen molar-refractivity contribution in [2.75, 3.05) is 13.2 Å². The number of benzene rings is 2. The molecule has 0 unspecified atom stereocenters. The number of rotatable bonds is 8. The first-order valence-electron chi connectivity index (χ1n) is 7.80. The molecule has 0 saturated carbocycles. The van der Waals surface area contributed by atoms with Gasteiger partial charge in [0.2, 0.25) is 0 Å². The predicted octanol–water partition coefficient (Wildman–Crippen LogP) is 5.82. The van der Waals surface area contributed by atoms with Crippen LogP contribution in [-0.4, -0.2) is 13.2 Å². The Bertz CT molecular complexity index is 659. The average molecular weight is 316 g/mol. The highest BCUT2D eigenvalue weighted by Gasteiger charge is 2.06. The van der Waals surface area contributed by atoms with Gasteiger partial charge in [-0.05, 0) is 37.1 Å². The highest BCUT2D eigenvalue weighted by atomic mass is 19.1. The fourth-order valence-electron chi connectivity index (χ4n) is 1.88. The van der Waals surface area contributed by atoms with E-state index in [1.165, 1.54) is 12.1 Å². The van der Waals surface area contributed by atoms with E-state index in [0.29, 0.717) is 36.1 Å². The molecule has 2 rings (SSSR count). The average Bonchev–Trinajstić information content (AvgIpc) is 2.58. The molecule has 23 heavy (non-hydrogen) atoms. The number of para-hydroxylation sites is 1. The van der Waals surface area contributed by atoms with Gasteiger partial charge in [0.15, 0.2) is 0 Å². The zero-order valence-corrected chi connectivity index (χ0v) is 13.5. The van der Waals surface area contributed by atoms with Gasteiger partial charge in [-0.25, -0.2) is 4.39 Å². The van der Waals surface area contributed by atoms with Crippen molar-refractivity contribution in [3.05, 3.63) is 48.3 Å². The van der Waals surface area contributed by atoms with Gasteiger partial charge < -0.3 is 9.47 Å². The highest BCUT2D eigenvalue weighted by Crippen LogP contribution is 2.33. The third-order valence-corrected chi connectivity index (χ3v) is 2.98. The fourth-order valence-corrected chi connectivity index (χ4v) is 1.88. The summed E-state index contributed by atoms with van der Waals surface area (Å²) in [5, 5.41) is 8.33. The van der Waals surface area contributed by atoms with E-state index in [9.17, 15) is 4.39 Å². The summed E-state index contributed by atoms with van der Waals surface area (Å²) >= 11 is 0. The van der Waals surface area contributed by atoms with Crippen LogP contribution in [0.15, 0.2) is 52.7 Å². The topological polar surface area (TPSA) is 43.2 Å². The van der Waals surface area contributed by atoms with E-state index < -0.39 is 0 Å². The molecule has 0 radical (unpaired) electrons. The van der Waals surface area contributed by atoms with Crippen LogP contribution in [0.1, 0.15) is 26.7 Å². The molecule has 122 valence electrons. The van der Waals surface area contributed by atoms with E-state index in [-0.39, 0.29) is 5.82 Å². The van der Waals surface area contributed by atoms with E-state index in [1.807, 2.05) is 32.0 Å². The van der Waals surface area contributed by atoms with Crippen LogP contribution in [0, 0.1) is 5.82 Å². The monoisotopic (exact) mass is 316 g/mol. The standard InChI is InChI=1S/C18H21FN2O2/c1-3-11-22-17-8-6-5-7-15(17)20-21-16-13-14(19)9-10-18(16)23-12-4-2/h5-10,13H,3-4,11-12H2,1-2H3. The first kappa shape index (κ1) is 16.9. The van der Waals surface area contributed by atoms with E-state index in [1.54, 1.807) is 12.1 Å². The van der Waals surface area contributed by atoms with Gasteiger partial charge in [-0.15, -0.1) is 10.2 Å². The highest BCUT2D eigenvalue weighted by molar-refractivity contribution is 5.54. The van der Waals surface area contributed by atoms with Crippen molar-refractivity contribution >= 4 is 11.4 Å². The Morgan fingerprint density at radius 3 is 2.13 bits per heavy atom. The maximum atomic E-state index is 13.5. The molecular formula is C18H21FN2O2. The summed E-state index contributed by atoms with van der Waals surface area (Å²) in [4.78, 5) is 0. The molecule has 0 aliphatic carbocycles. The van der Waals surface area contributed by atoms with Gasteiger partial charge in [-0.1, -0.05) is 26.0 Å². The Kier molecular flexibility index (Phi) is 6.54. The molecule has 4 nitrogen and oxygen atoms in total. The van der Waals surface area contributed by atoms with Gasteiger partial charge in [0.25, 0.3) is 0 Å². The second-order valence-corrected chi connectivity index (χ2v) is 4.98. The summed E-state index contributed by atoms with van der Waals surface area (Å²) in [6, 6.07) is 11.6. The predicted molar refractivity (Wildman–Crippen MR) is 88.6 cm³/mol. The molecule has 0 aliphatic heterocycles.